The van der Waals surface area contributed by atoms with E-state index >= 15 is 0 Å². The van der Waals surface area contributed by atoms with Gasteiger partial charge in [-0.3, -0.25) is 4.52 Å². The molecule has 56 valence electrons. The zero-order chi connectivity index (χ0) is 7.61. The molecule has 1 N–H and O–H groups in total. The summed E-state index contributed by atoms with van der Waals surface area (Å²) < 4.78 is 16.2. The predicted octanol–water partition coefficient (Wildman–Crippen LogP) is 0.478. The van der Waals surface area contributed by atoms with Gasteiger partial charge in [-0.2, -0.15) is 0 Å². The van der Waals surface area contributed by atoms with Crippen molar-refractivity contribution in [3.8, 4) is 0 Å². The van der Waals surface area contributed by atoms with Crippen LogP contribution in [0.25, 0.3) is 0 Å². The molecule has 0 radical (unpaired) electrons. The third-order valence-electron chi connectivity index (χ3n) is 1.02. The van der Waals surface area contributed by atoms with E-state index in [1.54, 1.807) is 0 Å². The Morgan fingerprint density at radius 2 is 2.50 bits per heavy atom. The van der Waals surface area contributed by atoms with E-state index in [4.69, 9.17) is 4.89 Å². The monoisotopic (exact) mass is 162 g/mol. The van der Waals surface area contributed by atoms with Gasteiger partial charge in [-0.15, -0.1) is 0 Å². The molecule has 0 bridgehead atoms. The summed E-state index contributed by atoms with van der Waals surface area (Å²) in [4.78, 5) is 12.5. The van der Waals surface area contributed by atoms with Crippen molar-refractivity contribution in [2.24, 2.45) is 0 Å². The first kappa shape index (κ1) is 7.47. The molecule has 1 aromatic heterocycles. The van der Waals surface area contributed by atoms with E-state index in [-0.39, 0.29) is 0 Å². The molecule has 0 saturated carbocycles. The average molecular weight is 162 g/mol. The second-order valence-corrected chi connectivity index (χ2v) is 3.42. The van der Waals surface area contributed by atoms with Crippen molar-refractivity contribution in [2.45, 2.75) is 0 Å². The molecule has 0 aliphatic heterocycles. The lowest BCUT2D eigenvalue weighted by atomic mass is 11.0. The summed E-state index contributed by atoms with van der Waals surface area (Å²) >= 11 is 0. The molecule has 5 nitrogen and oxygen atoms in total. The molecular formula is C4H7N2O3P. The number of nitrogens with zero attached hydrogens (tertiary/aromatic N) is 2. The highest BCUT2D eigenvalue weighted by molar-refractivity contribution is 7.51. The van der Waals surface area contributed by atoms with Crippen molar-refractivity contribution in [3.63, 3.8) is 0 Å². The highest BCUT2D eigenvalue weighted by atomic mass is 31.2. The zero-order valence-corrected chi connectivity index (χ0v) is 6.23. The van der Waals surface area contributed by atoms with Gasteiger partial charge >= 0.3 is 7.75 Å². The van der Waals surface area contributed by atoms with Crippen LogP contribution in [0.1, 0.15) is 0 Å². The summed E-state index contributed by atoms with van der Waals surface area (Å²) in [5.41, 5.74) is 0. The van der Waals surface area contributed by atoms with Crippen LogP contribution in [0.15, 0.2) is 18.7 Å². The van der Waals surface area contributed by atoms with E-state index in [0.29, 0.717) is 0 Å². The quantitative estimate of drug-likeness (QED) is 0.642. The van der Waals surface area contributed by atoms with Crippen molar-refractivity contribution in [1.29, 1.82) is 0 Å². The van der Waals surface area contributed by atoms with E-state index in [0.717, 1.165) is 4.34 Å². The van der Waals surface area contributed by atoms with Crippen LogP contribution in [0.3, 0.4) is 0 Å². The second-order valence-electron chi connectivity index (χ2n) is 1.62. The fourth-order valence-corrected chi connectivity index (χ4v) is 1.10. The molecule has 1 heterocycles. The van der Waals surface area contributed by atoms with Crippen LogP contribution in [-0.4, -0.2) is 21.3 Å². The third-order valence-corrected chi connectivity index (χ3v) is 2.32. The van der Waals surface area contributed by atoms with Gasteiger partial charge in [-0.05, 0) is 0 Å². The molecule has 1 aromatic rings. The third kappa shape index (κ3) is 1.26. The minimum atomic E-state index is -3.62. The Kier molecular flexibility index (Phi) is 1.89. The Morgan fingerprint density at radius 1 is 1.80 bits per heavy atom. The number of imidazole rings is 1. The summed E-state index contributed by atoms with van der Waals surface area (Å²) in [6, 6.07) is 0. The molecular weight excluding hydrogens is 155 g/mol. The lowest BCUT2D eigenvalue weighted by Gasteiger charge is -2.07. The molecule has 1 unspecified atom stereocenters. The summed E-state index contributed by atoms with van der Waals surface area (Å²) in [7, 11) is -2.46. The van der Waals surface area contributed by atoms with Crippen LogP contribution in [0, 0.1) is 0 Å². The number of hydrogen-bond acceptors (Lipinski definition) is 3. The Hall–Kier alpha value is -0.640. The van der Waals surface area contributed by atoms with Crippen molar-refractivity contribution < 1.29 is 14.0 Å². The van der Waals surface area contributed by atoms with Crippen molar-refractivity contribution in [2.75, 3.05) is 7.11 Å². The fraction of sp³-hybridized carbons (Fsp3) is 0.250. The summed E-state index contributed by atoms with van der Waals surface area (Å²) in [6.45, 7) is 0. The van der Waals surface area contributed by atoms with E-state index in [1.165, 1.54) is 25.8 Å². The van der Waals surface area contributed by atoms with Crippen molar-refractivity contribution >= 4 is 7.75 Å². The van der Waals surface area contributed by atoms with Gasteiger partial charge in [-0.1, -0.05) is 0 Å². The molecule has 0 aromatic carbocycles. The van der Waals surface area contributed by atoms with E-state index in [2.05, 4.69) is 9.51 Å². The maximum atomic E-state index is 10.9. The Labute approximate surface area is 57.9 Å². The maximum absolute atomic E-state index is 10.9. The minimum absolute atomic E-state index is 1.02. The molecule has 0 aliphatic rings. The second kappa shape index (κ2) is 2.54. The standard InChI is InChI=1S/C4H7N2O3P/c1-9-10(7,8)6-3-2-5-4-6/h2-4H,1H3,(H,7,8). The Balaban J connectivity index is 2.97. The first-order valence-corrected chi connectivity index (χ1v) is 4.07. The maximum Gasteiger partial charge on any atom is 0.437 e. The Morgan fingerprint density at radius 3 is 2.90 bits per heavy atom. The minimum Gasteiger partial charge on any atom is -0.308 e. The number of hydrogen-bond donors (Lipinski definition) is 1. The molecule has 6 heteroatoms. The topological polar surface area (TPSA) is 64.3 Å². The van der Waals surface area contributed by atoms with Gasteiger partial charge in [0.15, 0.2) is 0 Å². The first-order chi connectivity index (χ1) is 4.67. The highest BCUT2D eigenvalue weighted by Crippen LogP contribution is 2.41. The number of aromatic nitrogens is 2. The van der Waals surface area contributed by atoms with Crippen LogP contribution in [0.4, 0.5) is 0 Å². The molecule has 0 amide bonds. The van der Waals surface area contributed by atoms with Crippen molar-refractivity contribution in [3.05, 3.63) is 18.7 Å². The lowest BCUT2D eigenvalue weighted by Crippen LogP contribution is -1.93. The van der Waals surface area contributed by atoms with Crippen LogP contribution in [0.5, 0.6) is 0 Å². The van der Waals surface area contributed by atoms with Crippen molar-refractivity contribution in [1.82, 2.24) is 9.32 Å². The molecule has 1 atom stereocenters. The molecule has 0 aliphatic carbocycles. The van der Waals surface area contributed by atoms with Gasteiger partial charge in [0, 0.05) is 19.5 Å². The molecule has 0 fully saturated rings. The van der Waals surface area contributed by atoms with Crippen LogP contribution >= 0.6 is 7.75 Å². The number of rotatable bonds is 2. The molecule has 1 rings (SSSR count). The molecule has 0 saturated heterocycles. The van der Waals surface area contributed by atoms with Gasteiger partial charge in [0.05, 0.1) is 0 Å². The average Bonchev–Trinajstić information content (AvgIpc) is 2.38. The fourth-order valence-electron chi connectivity index (χ4n) is 0.496. The lowest BCUT2D eigenvalue weighted by molar-refractivity contribution is 0.306. The van der Waals surface area contributed by atoms with Gasteiger partial charge in [0.25, 0.3) is 0 Å². The van der Waals surface area contributed by atoms with E-state index in [1.807, 2.05) is 0 Å². The SMILES string of the molecule is COP(=O)(O)n1ccnc1. The molecule has 10 heavy (non-hydrogen) atoms. The van der Waals surface area contributed by atoms with Gasteiger partial charge in [-0.25, -0.2) is 13.9 Å². The largest absolute Gasteiger partial charge is 0.437 e. The van der Waals surface area contributed by atoms with Crippen LogP contribution in [-0.2, 0) is 9.09 Å². The summed E-state index contributed by atoms with van der Waals surface area (Å²) in [6.07, 6.45) is 4.00. The predicted molar refractivity (Wildman–Crippen MR) is 34.5 cm³/mol. The van der Waals surface area contributed by atoms with Gasteiger partial charge in [0.1, 0.15) is 6.33 Å². The summed E-state index contributed by atoms with van der Waals surface area (Å²) in [5.74, 6) is 0. The first-order valence-electron chi connectivity index (χ1n) is 2.54. The highest BCUT2D eigenvalue weighted by Gasteiger charge is 2.18. The zero-order valence-electron chi connectivity index (χ0n) is 5.34. The smallest absolute Gasteiger partial charge is 0.308 e. The van der Waals surface area contributed by atoms with Crippen LogP contribution in [0.2, 0.25) is 0 Å². The normalized spacial score (nSPS) is 16.6. The summed E-state index contributed by atoms with van der Waals surface area (Å²) in [5, 5.41) is 0. The van der Waals surface area contributed by atoms with Gasteiger partial charge < -0.3 is 4.89 Å². The van der Waals surface area contributed by atoms with E-state index in [9.17, 15) is 4.57 Å². The van der Waals surface area contributed by atoms with E-state index < -0.39 is 7.75 Å². The molecule has 0 spiro atoms. The Bertz CT molecular complexity index is 245. The van der Waals surface area contributed by atoms with Gasteiger partial charge in [0.2, 0.25) is 0 Å². The van der Waals surface area contributed by atoms with Crippen LogP contribution < -0.4 is 0 Å².